The number of rotatable bonds is 3. The first kappa shape index (κ1) is 16.9. The molecule has 5 rings (SSSR count). The van der Waals surface area contributed by atoms with Crippen molar-refractivity contribution in [3.05, 3.63) is 59.0 Å². The summed E-state index contributed by atoms with van der Waals surface area (Å²) in [5, 5.41) is 2.27. The number of H-pyrrole nitrogens is 1. The third-order valence-electron chi connectivity index (χ3n) is 5.44. The van der Waals surface area contributed by atoms with Crippen molar-refractivity contribution < 1.29 is 0 Å². The number of pyridine rings is 2. The van der Waals surface area contributed by atoms with Crippen LogP contribution in [0.4, 0.5) is 0 Å². The van der Waals surface area contributed by atoms with Crippen LogP contribution in [0.3, 0.4) is 0 Å². The molecule has 4 aromatic rings. The molecule has 1 aliphatic heterocycles. The highest BCUT2D eigenvalue weighted by molar-refractivity contribution is 9.10. The molecule has 27 heavy (non-hydrogen) atoms. The fraction of sp³-hybridized carbons (Fsp3) is 0.273. The van der Waals surface area contributed by atoms with E-state index in [1.165, 1.54) is 43.5 Å². The molecule has 0 saturated carbocycles. The molecule has 136 valence electrons. The van der Waals surface area contributed by atoms with Crippen LogP contribution in [-0.4, -0.2) is 32.9 Å². The fourth-order valence-electron chi connectivity index (χ4n) is 3.99. The first-order valence-electron chi connectivity index (χ1n) is 9.51. The Morgan fingerprint density at radius 1 is 0.889 bits per heavy atom. The van der Waals surface area contributed by atoms with Gasteiger partial charge in [0.15, 0.2) is 0 Å². The monoisotopic (exact) mass is 420 g/mol. The van der Waals surface area contributed by atoms with Gasteiger partial charge in [0.05, 0.1) is 11.7 Å². The second kappa shape index (κ2) is 7.06. The Hall–Kier alpha value is -2.24. The lowest BCUT2D eigenvalue weighted by Gasteiger charge is -2.26. The van der Waals surface area contributed by atoms with Crippen LogP contribution in [0.1, 0.15) is 24.8 Å². The number of likely N-dealkylation sites (tertiary alicyclic amines) is 1. The van der Waals surface area contributed by atoms with E-state index in [0.29, 0.717) is 0 Å². The van der Waals surface area contributed by atoms with Crippen molar-refractivity contribution in [3.63, 3.8) is 0 Å². The number of aromatic amines is 1. The number of piperidine rings is 1. The normalized spacial score (nSPS) is 15.6. The van der Waals surface area contributed by atoms with Crippen LogP contribution in [0.2, 0.25) is 0 Å². The summed E-state index contributed by atoms with van der Waals surface area (Å²) in [6.07, 6.45) is 7.83. The summed E-state index contributed by atoms with van der Waals surface area (Å²) in [5.74, 6) is 0. The lowest BCUT2D eigenvalue weighted by molar-refractivity contribution is 0.221. The van der Waals surface area contributed by atoms with E-state index in [1.807, 2.05) is 18.5 Å². The maximum absolute atomic E-state index is 4.63. The van der Waals surface area contributed by atoms with Crippen molar-refractivity contribution in [1.82, 2.24) is 19.9 Å². The van der Waals surface area contributed by atoms with Crippen LogP contribution in [0, 0.1) is 0 Å². The molecule has 0 unspecified atom stereocenters. The molecule has 4 heterocycles. The second-order valence-electron chi connectivity index (χ2n) is 7.33. The minimum absolute atomic E-state index is 0.836. The number of fused-ring (bicyclic) bond motifs is 3. The molecule has 0 aliphatic carbocycles. The van der Waals surface area contributed by atoms with Gasteiger partial charge in [-0.05, 0) is 65.1 Å². The van der Waals surface area contributed by atoms with Gasteiger partial charge in [-0.15, -0.1) is 0 Å². The Bertz CT molecular complexity index is 1090. The largest absolute Gasteiger partial charge is 0.338 e. The molecular weight excluding hydrogens is 400 g/mol. The van der Waals surface area contributed by atoms with Crippen LogP contribution in [0.5, 0.6) is 0 Å². The Labute approximate surface area is 166 Å². The van der Waals surface area contributed by atoms with Crippen molar-refractivity contribution in [3.8, 4) is 11.1 Å². The van der Waals surface area contributed by atoms with E-state index in [2.05, 4.69) is 66.1 Å². The summed E-state index contributed by atoms with van der Waals surface area (Å²) < 4.78 is 0.836. The molecule has 0 spiro atoms. The second-order valence-corrected chi connectivity index (χ2v) is 8.14. The van der Waals surface area contributed by atoms with Crippen molar-refractivity contribution in [2.24, 2.45) is 0 Å². The molecule has 5 heteroatoms. The molecule has 1 aliphatic rings. The molecule has 1 fully saturated rings. The minimum atomic E-state index is 0.836. The number of hydrogen-bond acceptors (Lipinski definition) is 3. The molecular formula is C22H21BrN4. The van der Waals surface area contributed by atoms with Crippen LogP contribution in [-0.2, 0) is 6.54 Å². The van der Waals surface area contributed by atoms with Crippen LogP contribution < -0.4 is 0 Å². The van der Waals surface area contributed by atoms with Gasteiger partial charge in [-0.3, -0.25) is 4.90 Å². The molecule has 3 aromatic heterocycles. The van der Waals surface area contributed by atoms with E-state index in [-0.39, 0.29) is 0 Å². The zero-order valence-electron chi connectivity index (χ0n) is 15.1. The highest BCUT2D eigenvalue weighted by atomic mass is 79.9. The Kier molecular flexibility index (Phi) is 4.42. The van der Waals surface area contributed by atoms with Gasteiger partial charge in [-0.25, -0.2) is 9.97 Å². The summed E-state index contributed by atoms with van der Waals surface area (Å²) in [5.41, 5.74) is 5.64. The summed E-state index contributed by atoms with van der Waals surface area (Å²) in [6.45, 7) is 3.52. The maximum atomic E-state index is 4.63. The lowest BCUT2D eigenvalue weighted by atomic mass is 10.0. The van der Waals surface area contributed by atoms with Gasteiger partial charge in [0.2, 0.25) is 0 Å². The third kappa shape index (κ3) is 3.37. The Morgan fingerprint density at radius 2 is 1.70 bits per heavy atom. The van der Waals surface area contributed by atoms with Gasteiger partial charge < -0.3 is 4.98 Å². The van der Waals surface area contributed by atoms with Gasteiger partial charge in [-0.1, -0.05) is 30.7 Å². The van der Waals surface area contributed by atoms with Crippen molar-refractivity contribution in [2.75, 3.05) is 13.1 Å². The van der Waals surface area contributed by atoms with Gasteiger partial charge in [0.1, 0.15) is 10.3 Å². The van der Waals surface area contributed by atoms with E-state index in [9.17, 15) is 0 Å². The van der Waals surface area contributed by atoms with Crippen LogP contribution in [0.25, 0.3) is 33.1 Å². The van der Waals surface area contributed by atoms with Crippen LogP contribution >= 0.6 is 15.9 Å². The van der Waals surface area contributed by atoms with E-state index in [4.69, 9.17) is 0 Å². The Morgan fingerprint density at radius 3 is 2.52 bits per heavy atom. The smallest absolute Gasteiger partial charge is 0.138 e. The lowest BCUT2D eigenvalue weighted by Crippen LogP contribution is -2.28. The molecule has 1 aromatic carbocycles. The SMILES string of the molecule is Brc1cc2c(cn1)[nH]c1ncc(-c3ccc(CN4CCCCC4)cc3)cc12. The Balaban J connectivity index is 1.45. The zero-order chi connectivity index (χ0) is 18.2. The van der Waals surface area contributed by atoms with Crippen LogP contribution in [0.15, 0.2) is 53.4 Å². The first-order valence-corrected chi connectivity index (χ1v) is 10.3. The number of aromatic nitrogens is 3. The maximum Gasteiger partial charge on any atom is 0.138 e. The van der Waals surface area contributed by atoms with Crippen molar-refractivity contribution in [2.45, 2.75) is 25.8 Å². The quantitative estimate of drug-likeness (QED) is 0.443. The molecule has 4 nitrogen and oxygen atoms in total. The van der Waals surface area contributed by atoms with Gasteiger partial charge in [0.25, 0.3) is 0 Å². The average Bonchev–Trinajstić information content (AvgIpc) is 3.06. The van der Waals surface area contributed by atoms with E-state index in [0.717, 1.165) is 38.6 Å². The highest BCUT2D eigenvalue weighted by Crippen LogP contribution is 2.29. The molecule has 0 atom stereocenters. The third-order valence-corrected chi connectivity index (χ3v) is 5.88. The summed E-state index contributed by atoms with van der Waals surface area (Å²) >= 11 is 3.47. The zero-order valence-corrected chi connectivity index (χ0v) is 16.7. The topological polar surface area (TPSA) is 44.8 Å². The number of nitrogens with one attached hydrogen (secondary N) is 1. The summed E-state index contributed by atoms with van der Waals surface area (Å²) in [7, 11) is 0. The summed E-state index contributed by atoms with van der Waals surface area (Å²) in [4.78, 5) is 14.8. The predicted octanol–water partition coefficient (Wildman–Crippen LogP) is 5.53. The molecule has 0 amide bonds. The van der Waals surface area contributed by atoms with E-state index < -0.39 is 0 Å². The molecule has 0 bridgehead atoms. The number of benzene rings is 1. The van der Waals surface area contributed by atoms with Gasteiger partial charge >= 0.3 is 0 Å². The van der Waals surface area contributed by atoms with Crippen molar-refractivity contribution in [1.29, 1.82) is 0 Å². The number of nitrogens with zero attached hydrogens (tertiary/aromatic N) is 3. The summed E-state index contributed by atoms with van der Waals surface area (Å²) in [6, 6.07) is 13.2. The van der Waals surface area contributed by atoms with E-state index in [1.54, 1.807) is 0 Å². The molecule has 0 radical (unpaired) electrons. The van der Waals surface area contributed by atoms with Gasteiger partial charge in [0, 0.05) is 29.1 Å². The standard InChI is InChI=1S/C22H21BrN4/c23-21-11-18-19-10-17(12-25-22(19)26-20(18)13-24-21)16-6-4-15(5-7-16)14-27-8-2-1-3-9-27/h4-7,10-13H,1-3,8-9,14H2,(H,25,26). The fourth-order valence-corrected chi connectivity index (χ4v) is 4.32. The van der Waals surface area contributed by atoms with Gasteiger partial charge in [-0.2, -0.15) is 0 Å². The average molecular weight is 421 g/mol. The number of hydrogen-bond donors (Lipinski definition) is 1. The number of halogens is 1. The van der Waals surface area contributed by atoms with E-state index >= 15 is 0 Å². The minimum Gasteiger partial charge on any atom is -0.338 e. The first-order chi connectivity index (χ1) is 13.3. The molecule has 1 saturated heterocycles. The molecule has 1 N–H and O–H groups in total. The predicted molar refractivity (Wildman–Crippen MR) is 114 cm³/mol. The highest BCUT2D eigenvalue weighted by Gasteiger charge is 2.11. The van der Waals surface area contributed by atoms with Crippen molar-refractivity contribution >= 4 is 37.9 Å².